The first kappa shape index (κ1) is 6.85. The predicted octanol–water partition coefficient (Wildman–Crippen LogP) is -0.148. The zero-order chi connectivity index (χ0) is 7.56. The highest BCUT2D eigenvalue weighted by atomic mass is 15.4. The van der Waals surface area contributed by atoms with Gasteiger partial charge in [0.1, 0.15) is 0 Å². The minimum Gasteiger partial charge on any atom is -0.368 e. The van der Waals surface area contributed by atoms with Crippen molar-refractivity contribution in [3.63, 3.8) is 0 Å². The molecule has 0 aliphatic carbocycles. The van der Waals surface area contributed by atoms with Crippen LogP contribution in [-0.2, 0) is 6.54 Å². The molecule has 0 aromatic carbocycles. The van der Waals surface area contributed by atoms with Crippen molar-refractivity contribution >= 4 is 11.9 Å². The van der Waals surface area contributed by atoms with Crippen LogP contribution in [0, 0.1) is 0 Å². The Morgan fingerprint density at radius 2 is 2.20 bits per heavy atom. The van der Waals surface area contributed by atoms with E-state index in [0.29, 0.717) is 5.95 Å². The summed E-state index contributed by atoms with van der Waals surface area (Å²) in [5.74, 6) is 0.630. The Bertz CT molecular complexity index is 216. The van der Waals surface area contributed by atoms with E-state index in [1.165, 1.54) is 0 Å². The summed E-state index contributed by atoms with van der Waals surface area (Å²) in [7, 11) is 0. The number of nitrogen functional groups attached to an aromatic ring is 2. The lowest BCUT2D eigenvalue weighted by molar-refractivity contribution is 0.612. The van der Waals surface area contributed by atoms with Gasteiger partial charge in [0, 0.05) is 6.54 Å². The van der Waals surface area contributed by atoms with Gasteiger partial charge in [0.25, 0.3) is 0 Å². The Balaban J connectivity index is 2.81. The molecule has 0 radical (unpaired) electrons. The van der Waals surface area contributed by atoms with Gasteiger partial charge in [-0.15, -0.1) is 5.10 Å². The van der Waals surface area contributed by atoms with Crippen molar-refractivity contribution in [2.24, 2.45) is 0 Å². The molecule has 10 heavy (non-hydrogen) atoms. The summed E-state index contributed by atoms with van der Waals surface area (Å²) >= 11 is 0. The molecule has 4 N–H and O–H groups in total. The van der Waals surface area contributed by atoms with Crippen LogP contribution in [0.1, 0.15) is 13.3 Å². The van der Waals surface area contributed by atoms with Crippen LogP contribution >= 0.6 is 0 Å². The summed E-state index contributed by atoms with van der Waals surface area (Å²) in [5, 5.41) is 3.86. The maximum atomic E-state index is 5.44. The monoisotopic (exact) mass is 141 g/mol. The van der Waals surface area contributed by atoms with E-state index in [-0.39, 0.29) is 5.95 Å². The Morgan fingerprint density at radius 3 is 2.60 bits per heavy atom. The third kappa shape index (κ3) is 1.18. The van der Waals surface area contributed by atoms with Gasteiger partial charge in [0.05, 0.1) is 0 Å². The first-order valence-corrected chi connectivity index (χ1v) is 3.20. The Morgan fingerprint density at radius 1 is 1.50 bits per heavy atom. The molecule has 0 aliphatic rings. The number of hydrogen-bond acceptors (Lipinski definition) is 4. The summed E-state index contributed by atoms with van der Waals surface area (Å²) in [6.07, 6.45) is 0.979. The molecule has 1 aromatic rings. The van der Waals surface area contributed by atoms with Gasteiger partial charge in [-0.1, -0.05) is 6.92 Å². The second-order valence-corrected chi connectivity index (χ2v) is 2.05. The summed E-state index contributed by atoms with van der Waals surface area (Å²) in [5.41, 5.74) is 10.7. The SMILES string of the molecule is CCCn1nc(N)nc1N. The van der Waals surface area contributed by atoms with Crippen molar-refractivity contribution in [3.05, 3.63) is 0 Å². The maximum absolute atomic E-state index is 5.44. The smallest absolute Gasteiger partial charge is 0.241 e. The second-order valence-electron chi connectivity index (χ2n) is 2.05. The molecule has 0 bridgehead atoms. The number of aromatic nitrogens is 3. The maximum Gasteiger partial charge on any atom is 0.241 e. The third-order valence-corrected chi connectivity index (χ3v) is 1.15. The van der Waals surface area contributed by atoms with E-state index in [4.69, 9.17) is 11.5 Å². The Labute approximate surface area is 59.0 Å². The first-order chi connectivity index (χ1) is 4.74. The highest BCUT2D eigenvalue weighted by molar-refractivity contribution is 5.25. The molecule has 1 rings (SSSR count). The van der Waals surface area contributed by atoms with Gasteiger partial charge in [0.2, 0.25) is 11.9 Å². The Kier molecular flexibility index (Phi) is 1.75. The molecule has 0 fully saturated rings. The van der Waals surface area contributed by atoms with Gasteiger partial charge in [-0.2, -0.15) is 4.98 Å². The van der Waals surface area contributed by atoms with E-state index >= 15 is 0 Å². The number of anilines is 2. The zero-order valence-corrected chi connectivity index (χ0v) is 5.91. The Hall–Kier alpha value is -1.26. The minimum atomic E-state index is 0.242. The molecule has 0 saturated carbocycles. The normalized spacial score (nSPS) is 10.1. The average molecular weight is 141 g/mol. The van der Waals surface area contributed by atoms with E-state index in [9.17, 15) is 0 Å². The summed E-state index contributed by atoms with van der Waals surface area (Å²) in [4.78, 5) is 3.74. The van der Waals surface area contributed by atoms with Crippen LogP contribution in [0.2, 0.25) is 0 Å². The van der Waals surface area contributed by atoms with Gasteiger partial charge >= 0.3 is 0 Å². The van der Waals surface area contributed by atoms with Crippen molar-refractivity contribution in [1.82, 2.24) is 14.8 Å². The molecule has 56 valence electrons. The molecule has 5 heteroatoms. The number of nitrogens with two attached hydrogens (primary N) is 2. The third-order valence-electron chi connectivity index (χ3n) is 1.15. The van der Waals surface area contributed by atoms with Crippen LogP contribution in [0.5, 0.6) is 0 Å². The lowest BCUT2D eigenvalue weighted by Gasteiger charge is -1.96. The van der Waals surface area contributed by atoms with Crippen LogP contribution in [0.4, 0.5) is 11.9 Å². The van der Waals surface area contributed by atoms with E-state index in [2.05, 4.69) is 10.1 Å². The number of hydrogen-bond donors (Lipinski definition) is 2. The molecular formula is C5H11N5. The largest absolute Gasteiger partial charge is 0.368 e. The van der Waals surface area contributed by atoms with Crippen LogP contribution in [0.15, 0.2) is 0 Å². The lowest BCUT2D eigenvalue weighted by atomic mass is 10.5. The molecule has 1 aromatic heterocycles. The fourth-order valence-corrected chi connectivity index (χ4v) is 0.749. The average Bonchev–Trinajstić information content (AvgIpc) is 2.13. The van der Waals surface area contributed by atoms with Crippen LogP contribution in [0.3, 0.4) is 0 Å². The summed E-state index contributed by atoms with van der Waals surface area (Å²) < 4.78 is 1.59. The molecule has 0 saturated heterocycles. The van der Waals surface area contributed by atoms with E-state index in [1.807, 2.05) is 6.92 Å². The first-order valence-electron chi connectivity index (χ1n) is 3.20. The molecule has 0 atom stereocenters. The van der Waals surface area contributed by atoms with E-state index in [1.54, 1.807) is 4.68 Å². The fourth-order valence-electron chi connectivity index (χ4n) is 0.749. The molecule has 5 nitrogen and oxygen atoms in total. The van der Waals surface area contributed by atoms with Crippen molar-refractivity contribution in [2.75, 3.05) is 11.5 Å². The van der Waals surface area contributed by atoms with Crippen LogP contribution < -0.4 is 11.5 Å². The minimum absolute atomic E-state index is 0.242. The van der Waals surface area contributed by atoms with Gasteiger partial charge in [-0.25, -0.2) is 4.68 Å². The van der Waals surface area contributed by atoms with Crippen molar-refractivity contribution in [3.8, 4) is 0 Å². The van der Waals surface area contributed by atoms with Gasteiger partial charge in [-0.3, -0.25) is 0 Å². The quantitative estimate of drug-likeness (QED) is 0.600. The van der Waals surface area contributed by atoms with Gasteiger partial charge in [0.15, 0.2) is 0 Å². The van der Waals surface area contributed by atoms with Crippen molar-refractivity contribution in [2.45, 2.75) is 19.9 Å². The van der Waals surface area contributed by atoms with Crippen LogP contribution in [-0.4, -0.2) is 14.8 Å². The molecule has 1 heterocycles. The van der Waals surface area contributed by atoms with Crippen LogP contribution in [0.25, 0.3) is 0 Å². The van der Waals surface area contributed by atoms with E-state index in [0.717, 1.165) is 13.0 Å². The molecule has 0 unspecified atom stereocenters. The molecule has 0 spiro atoms. The van der Waals surface area contributed by atoms with E-state index < -0.39 is 0 Å². The second kappa shape index (κ2) is 2.55. The number of nitrogens with zero attached hydrogens (tertiary/aromatic N) is 3. The fraction of sp³-hybridized carbons (Fsp3) is 0.600. The highest BCUT2D eigenvalue weighted by Crippen LogP contribution is 2.01. The molecular weight excluding hydrogens is 130 g/mol. The zero-order valence-electron chi connectivity index (χ0n) is 5.91. The van der Waals surface area contributed by atoms with Gasteiger partial charge < -0.3 is 11.5 Å². The summed E-state index contributed by atoms with van der Waals surface area (Å²) in [6, 6.07) is 0. The lowest BCUT2D eigenvalue weighted by Crippen LogP contribution is -2.04. The molecule has 0 amide bonds. The standard InChI is InChI=1S/C5H11N5/c1-2-3-10-5(7)8-4(6)9-10/h2-3H2,1H3,(H4,6,7,8,9). The predicted molar refractivity (Wildman–Crippen MR) is 39.1 cm³/mol. The number of rotatable bonds is 2. The van der Waals surface area contributed by atoms with Gasteiger partial charge in [-0.05, 0) is 6.42 Å². The topological polar surface area (TPSA) is 82.8 Å². The van der Waals surface area contributed by atoms with Crippen molar-refractivity contribution in [1.29, 1.82) is 0 Å². The summed E-state index contributed by atoms with van der Waals surface area (Å²) in [6.45, 7) is 2.81. The van der Waals surface area contributed by atoms with Crippen molar-refractivity contribution < 1.29 is 0 Å². The highest BCUT2D eigenvalue weighted by Gasteiger charge is 2.00. The number of aryl methyl sites for hydroxylation is 1. The molecule has 0 aliphatic heterocycles.